The van der Waals surface area contributed by atoms with Crippen molar-refractivity contribution in [2.24, 2.45) is 0 Å². The van der Waals surface area contributed by atoms with Crippen LogP contribution in [0.1, 0.15) is 17.4 Å². The molecule has 0 aromatic heterocycles. The Morgan fingerprint density at radius 3 is 2.13 bits per heavy atom. The van der Waals surface area contributed by atoms with Crippen LogP contribution in [0.4, 0.5) is 17.6 Å². The summed E-state index contributed by atoms with van der Waals surface area (Å²) in [6.07, 6.45) is -6.85. The Kier molecular flexibility index (Phi) is 3.37. The van der Waals surface area contributed by atoms with Crippen LogP contribution < -0.4 is 0 Å². The number of benzene rings is 1. The van der Waals surface area contributed by atoms with E-state index < -0.39 is 33.9 Å². The molecule has 7 heteroatoms. The van der Waals surface area contributed by atoms with Crippen molar-refractivity contribution in [2.45, 2.75) is 12.5 Å². The van der Waals surface area contributed by atoms with Gasteiger partial charge in [0.2, 0.25) is 0 Å². The van der Waals surface area contributed by atoms with Crippen LogP contribution in [-0.4, -0.2) is 10.2 Å². The van der Waals surface area contributed by atoms with Crippen LogP contribution in [0.2, 0.25) is 0 Å². The maximum atomic E-state index is 13.0. The molecule has 1 aromatic rings. The van der Waals surface area contributed by atoms with Gasteiger partial charge in [-0.15, -0.1) is 0 Å². The zero-order valence-electron chi connectivity index (χ0n) is 7.02. The molecule has 0 unspecified atom stereocenters. The van der Waals surface area contributed by atoms with Gasteiger partial charge in [-0.05, 0) is 12.1 Å². The van der Waals surface area contributed by atoms with Crippen molar-refractivity contribution in [1.82, 2.24) is 0 Å². The van der Waals surface area contributed by atoms with Crippen LogP contribution >= 0.6 is 15.9 Å². The van der Waals surface area contributed by atoms with E-state index in [1.165, 1.54) is 0 Å². The molecule has 0 saturated heterocycles. The first kappa shape index (κ1) is 12.4. The summed E-state index contributed by atoms with van der Waals surface area (Å²) in [5.41, 5.74) is -1.82. The van der Waals surface area contributed by atoms with Gasteiger partial charge in [-0.3, -0.25) is 0 Å². The lowest BCUT2D eigenvalue weighted by Gasteiger charge is -2.12. The molecule has 0 radical (unpaired) electrons. The van der Waals surface area contributed by atoms with Gasteiger partial charge in [0.15, 0.2) is 6.29 Å². The van der Waals surface area contributed by atoms with E-state index in [0.29, 0.717) is 6.07 Å². The fraction of sp³-hybridized carbons (Fsp3) is 0.250. The number of hydrogen-bond donors (Lipinski definition) is 2. The van der Waals surface area contributed by atoms with E-state index in [1.807, 2.05) is 0 Å². The van der Waals surface area contributed by atoms with Crippen LogP contribution in [0, 0.1) is 5.82 Å². The van der Waals surface area contributed by atoms with E-state index in [-0.39, 0.29) is 6.07 Å². The molecule has 0 saturated carbocycles. The highest BCUT2D eigenvalue weighted by molar-refractivity contribution is 9.10. The minimum Gasteiger partial charge on any atom is -0.364 e. The van der Waals surface area contributed by atoms with Crippen molar-refractivity contribution < 1.29 is 27.8 Å². The zero-order valence-corrected chi connectivity index (χ0v) is 8.60. The predicted octanol–water partition coefficient (Wildman–Crippen LogP) is 2.59. The molecule has 1 rings (SSSR count). The Hall–Kier alpha value is -0.660. The lowest BCUT2D eigenvalue weighted by Crippen LogP contribution is -2.09. The minimum absolute atomic E-state index is 0.207. The maximum Gasteiger partial charge on any atom is 0.417 e. The van der Waals surface area contributed by atoms with Gasteiger partial charge in [-0.1, -0.05) is 15.9 Å². The molecule has 2 nitrogen and oxygen atoms in total. The standard InChI is InChI=1S/C8H5BrF4O2/c9-5-1-3(7(14)15)6(10)2-4(5)8(11,12)13/h1-2,7,14-15H. The van der Waals surface area contributed by atoms with Gasteiger partial charge < -0.3 is 10.2 Å². The smallest absolute Gasteiger partial charge is 0.364 e. The highest BCUT2D eigenvalue weighted by Gasteiger charge is 2.34. The molecule has 84 valence electrons. The molecular formula is C8H5BrF4O2. The van der Waals surface area contributed by atoms with E-state index in [9.17, 15) is 17.6 Å². The number of hydrogen-bond acceptors (Lipinski definition) is 2. The monoisotopic (exact) mass is 288 g/mol. The summed E-state index contributed by atoms with van der Waals surface area (Å²) in [5, 5.41) is 17.3. The van der Waals surface area contributed by atoms with Gasteiger partial charge in [0.1, 0.15) is 5.82 Å². The number of rotatable bonds is 1. The van der Waals surface area contributed by atoms with Crippen LogP contribution in [0.25, 0.3) is 0 Å². The molecule has 0 bridgehead atoms. The average Bonchev–Trinajstić information content (AvgIpc) is 2.06. The molecule has 0 aliphatic heterocycles. The van der Waals surface area contributed by atoms with Gasteiger partial charge in [0.25, 0.3) is 0 Å². The van der Waals surface area contributed by atoms with Crippen molar-refractivity contribution in [1.29, 1.82) is 0 Å². The van der Waals surface area contributed by atoms with Crippen LogP contribution in [0.5, 0.6) is 0 Å². The normalized spacial score (nSPS) is 12.3. The largest absolute Gasteiger partial charge is 0.417 e. The maximum absolute atomic E-state index is 13.0. The van der Waals surface area contributed by atoms with Crippen LogP contribution in [0.3, 0.4) is 0 Å². The molecule has 15 heavy (non-hydrogen) atoms. The van der Waals surface area contributed by atoms with Gasteiger partial charge in [0, 0.05) is 10.0 Å². The summed E-state index contributed by atoms with van der Waals surface area (Å²) in [6.45, 7) is 0. The highest BCUT2D eigenvalue weighted by atomic mass is 79.9. The fourth-order valence-electron chi connectivity index (χ4n) is 0.977. The molecule has 0 atom stereocenters. The summed E-state index contributed by atoms with van der Waals surface area (Å²) in [6, 6.07) is 0.891. The fourth-order valence-corrected chi connectivity index (χ4v) is 1.56. The third-order valence-electron chi connectivity index (χ3n) is 1.67. The van der Waals surface area contributed by atoms with E-state index in [4.69, 9.17) is 10.2 Å². The molecule has 0 fully saturated rings. The molecular weight excluding hydrogens is 284 g/mol. The quantitative estimate of drug-likeness (QED) is 0.616. The summed E-state index contributed by atoms with van der Waals surface area (Å²) in [7, 11) is 0. The lowest BCUT2D eigenvalue weighted by atomic mass is 10.1. The molecule has 1 aromatic carbocycles. The van der Waals surface area contributed by atoms with E-state index in [2.05, 4.69) is 15.9 Å². The molecule has 0 heterocycles. The summed E-state index contributed by atoms with van der Waals surface area (Å²) in [5.74, 6) is -1.32. The second-order valence-corrected chi connectivity index (χ2v) is 3.58. The first-order chi connectivity index (χ1) is 6.73. The molecule has 0 amide bonds. The van der Waals surface area contributed by atoms with Crippen molar-refractivity contribution >= 4 is 15.9 Å². The number of alkyl halides is 3. The van der Waals surface area contributed by atoms with Crippen molar-refractivity contribution in [2.75, 3.05) is 0 Å². The zero-order chi connectivity index (χ0) is 11.8. The summed E-state index contributed by atoms with van der Waals surface area (Å²) < 4.78 is 49.2. The second-order valence-electron chi connectivity index (χ2n) is 2.72. The Balaban J connectivity index is 3.32. The van der Waals surface area contributed by atoms with Gasteiger partial charge in [-0.2, -0.15) is 13.2 Å². The summed E-state index contributed by atoms with van der Waals surface area (Å²) in [4.78, 5) is 0. The first-order valence-corrected chi connectivity index (χ1v) is 4.45. The van der Waals surface area contributed by atoms with Crippen LogP contribution in [-0.2, 0) is 6.18 Å². The van der Waals surface area contributed by atoms with Gasteiger partial charge in [-0.25, -0.2) is 4.39 Å². The van der Waals surface area contributed by atoms with E-state index >= 15 is 0 Å². The second kappa shape index (κ2) is 4.07. The lowest BCUT2D eigenvalue weighted by molar-refractivity contribution is -0.138. The summed E-state index contributed by atoms with van der Waals surface area (Å²) >= 11 is 2.58. The van der Waals surface area contributed by atoms with Crippen molar-refractivity contribution in [3.63, 3.8) is 0 Å². The first-order valence-electron chi connectivity index (χ1n) is 3.65. The topological polar surface area (TPSA) is 40.5 Å². The molecule has 0 aliphatic carbocycles. The Labute approximate surface area is 90.3 Å². The van der Waals surface area contributed by atoms with Crippen molar-refractivity contribution in [3.05, 3.63) is 33.5 Å². The number of halogens is 5. The van der Waals surface area contributed by atoms with E-state index in [1.54, 1.807) is 0 Å². The molecule has 0 aliphatic rings. The predicted molar refractivity (Wildman–Crippen MR) is 46.3 cm³/mol. The van der Waals surface area contributed by atoms with Gasteiger partial charge >= 0.3 is 6.18 Å². The number of aliphatic hydroxyl groups is 2. The third kappa shape index (κ3) is 2.67. The van der Waals surface area contributed by atoms with Gasteiger partial charge in [0.05, 0.1) is 5.56 Å². The Morgan fingerprint density at radius 2 is 1.73 bits per heavy atom. The van der Waals surface area contributed by atoms with E-state index in [0.717, 1.165) is 0 Å². The molecule has 2 N–H and O–H groups in total. The van der Waals surface area contributed by atoms with Crippen LogP contribution in [0.15, 0.2) is 16.6 Å². The SMILES string of the molecule is OC(O)c1cc(Br)c(C(F)(F)F)cc1F. The third-order valence-corrected chi connectivity index (χ3v) is 2.33. The molecule has 0 spiro atoms. The van der Waals surface area contributed by atoms with Crippen molar-refractivity contribution in [3.8, 4) is 0 Å². The highest BCUT2D eigenvalue weighted by Crippen LogP contribution is 2.36. The average molecular weight is 289 g/mol. The number of aliphatic hydroxyl groups excluding tert-OH is 1. The Morgan fingerprint density at radius 1 is 1.20 bits per heavy atom. The minimum atomic E-state index is -4.70. The Bertz CT molecular complexity index is 376.